The fourth-order valence-corrected chi connectivity index (χ4v) is 3.53. The molecule has 0 aliphatic carbocycles. The first-order valence-corrected chi connectivity index (χ1v) is 9.47. The van der Waals surface area contributed by atoms with Gasteiger partial charge in [0.1, 0.15) is 17.0 Å². The Morgan fingerprint density at radius 1 is 1.04 bits per heavy atom. The zero-order valence-corrected chi connectivity index (χ0v) is 16.0. The molecule has 1 amide bonds. The standard InChI is InChI=1S/C22H22N4O2/c1-3-24(4-2)22(28)18-14-17-20(26(18)15-16-10-6-5-7-11-16)23-19-12-8-9-13-25(19)21(17)27/h5-14H,3-4,15H2,1-2H3. The summed E-state index contributed by atoms with van der Waals surface area (Å²) in [4.78, 5) is 32.6. The number of fused-ring (bicyclic) bond motifs is 2. The molecule has 4 aromatic rings. The van der Waals surface area contributed by atoms with Crippen LogP contribution in [0, 0.1) is 0 Å². The Balaban J connectivity index is 1.99. The quantitative estimate of drug-likeness (QED) is 0.539. The molecule has 6 nitrogen and oxygen atoms in total. The zero-order chi connectivity index (χ0) is 19.7. The van der Waals surface area contributed by atoms with Gasteiger partial charge < -0.3 is 9.47 Å². The number of amides is 1. The van der Waals surface area contributed by atoms with E-state index in [1.54, 1.807) is 29.3 Å². The first-order valence-electron chi connectivity index (χ1n) is 9.47. The van der Waals surface area contributed by atoms with Gasteiger partial charge in [0.25, 0.3) is 11.5 Å². The molecule has 0 fully saturated rings. The normalized spacial score (nSPS) is 11.2. The fourth-order valence-electron chi connectivity index (χ4n) is 3.53. The van der Waals surface area contributed by atoms with Crippen molar-refractivity contribution in [2.24, 2.45) is 0 Å². The van der Waals surface area contributed by atoms with Crippen molar-refractivity contribution in [2.45, 2.75) is 20.4 Å². The van der Waals surface area contributed by atoms with Crippen molar-refractivity contribution >= 4 is 22.6 Å². The van der Waals surface area contributed by atoms with E-state index in [0.29, 0.717) is 42.0 Å². The molecule has 6 heteroatoms. The summed E-state index contributed by atoms with van der Waals surface area (Å²) in [6, 6.07) is 17.0. The van der Waals surface area contributed by atoms with Crippen LogP contribution >= 0.6 is 0 Å². The third-order valence-electron chi connectivity index (χ3n) is 5.03. The summed E-state index contributed by atoms with van der Waals surface area (Å²) in [6.45, 7) is 5.59. The van der Waals surface area contributed by atoms with E-state index in [9.17, 15) is 9.59 Å². The van der Waals surface area contributed by atoms with Gasteiger partial charge in [0.15, 0.2) is 0 Å². The summed E-state index contributed by atoms with van der Waals surface area (Å²) in [7, 11) is 0. The molecule has 4 rings (SSSR count). The van der Waals surface area contributed by atoms with Gasteiger partial charge in [-0.15, -0.1) is 0 Å². The number of aromatic nitrogens is 3. The van der Waals surface area contributed by atoms with Crippen LogP contribution in [-0.4, -0.2) is 37.8 Å². The van der Waals surface area contributed by atoms with Crippen LogP contribution < -0.4 is 5.56 Å². The summed E-state index contributed by atoms with van der Waals surface area (Å²) in [5.74, 6) is -0.0904. The summed E-state index contributed by atoms with van der Waals surface area (Å²) in [5.41, 5.74) is 2.47. The Morgan fingerprint density at radius 2 is 1.75 bits per heavy atom. The maximum atomic E-state index is 13.2. The summed E-state index contributed by atoms with van der Waals surface area (Å²) in [5, 5.41) is 0.454. The van der Waals surface area contributed by atoms with Gasteiger partial charge >= 0.3 is 0 Å². The zero-order valence-electron chi connectivity index (χ0n) is 16.0. The molecular formula is C22H22N4O2. The van der Waals surface area contributed by atoms with Crippen molar-refractivity contribution in [2.75, 3.05) is 13.1 Å². The second kappa shape index (κ2) is 7.31. The first kappa shape index (κ1) is 18.0. The molecule has 0 N–H and O–H groups in total. The van der Waals surface area contributed by atoms with Crippen molar-refractivity contribution in [1.29, 1.82) is 0 Å². The maximum absolute atomic E-state index is 13.2. The molecule has 1 aromatic carbocycles. The minimum Gasteiger partial charge on any atom is -0.338 e. The van der Waals surface area contributed by atoms with E-state index in [-0.39, 0.29) is 11.5 Å². The van der Waals surface area contributed by atoms with E-state index < -0.39 is 0 Å². The van der Waals surface area contributed by atoms with Gasteiger partial charge in [0.2, 0.25) is 0 Å². The maximum Gasteiger partial charge on any atom is 0.270 e. The Bertz CT molecular complexity index is 1200. The molecule has 28 heavy (non-hydrogen) atoms. The third-order valence-corrected chi connectivity index (χ3v) is 5.03. The SMILES string of the molecule is CCN(CC)C(=O)c1cc2c(=O)n3ccccc3nc2n1Cc1ccccc1. The number of hydrogen-bond acceptors (Lipinski definition) is 3. The second-order valence-corrected chi connectivity index (χ2v) is 6.66. The number of rotatable bonds is 5. The molecule has 0 aliphatic rings. The van der Waals surface area contributed by atoms with Crippen LogP contribution in [0.25, 0.3) is 16.7 Å². The van der Waals surface area contributed by atoms with Gasteiger partial charge in [-0.1, -0.05) is 36.4 Å². The molecule has 0 saturated carbocycles. The van der Waals surface area contributed by atoms with Gasteiger partial charge in [0, 0.05) is 25.8 Å². The molecule has 0 aliphatic heterocycles. The monoisotopic (exact) mass is 374 g/mol. The molecule has 0 atom stereocenters. The van der Waals surface area contributed by atoms with Crippen LogP contribution in [-0.2, 0) is 6.54 Å². The fraction of sp³-hybridized carbons (Fsp3) is 0.227. The topological polar surface area (TPSA) is 59.6 Å². The molecule has 142 valence electrons. The van der Waals surface area contributed by atoms with Crippen molar-refractivity contribution in [3.05, 3.63) is 82.4 Å². The van der Waals surface area contributed by atoms with Crippen molar-refractivity contribution in [1.82, 2.24) is 18.9 Å². The van der Waals surface area contributed by atoms with Crippen molar-refractivity contribution in [3.63, 3.8) is 0 Å². The molecule has 0 radical (unpaired) electrons. The van der Waals surface area contributed by atoms with E-state index in [1.165, 1.54) is 4.40 Å². The van der Waals surface area contributed by atoms with E-state index in [1.807, 2.05) is 54.8 Å². The highest BCUT2D eigenvalue weighted by Gasteiger charge is 2.22. The first-order chi connectivity index (χ1) is 13.6. The number of nitrogens with zero attached hydrogens (tertiary/aromatic N) is 4. The average molecular weight is 374 g/mol. The molecule has 0 unspecified atom stereocenters. The van der Waals surface area contributed by atoms with Crippen molar-refractivity contribution < 1.29 is 4.79 Å². The summed E-state index contributed by atoms with van der Waals surface area (Å²) >= 11 is 0. The van der Waals surface area contributed by atoms with Crippen LogP contribution in [0.5, 0.6) is 0 Å². The predicted octanol–water partition coefficient (Wildman–Crippen LogP) is 3.18. The van der Waals surface area contributed by atoms with Crippen LogP contribution in [0.1, 0.15) is 29.9 Å². The smallest absolute Gasteiger partial charge is 0.270 e. The van der Waals surface area contributed by atoms with Crippen LogP contribution in [0.3, 0.4) is 0 Å². The highest BCUT2D eigenvalue weighted by molar-refractivity contribution is 5.98. The molecule has 0 bridgehead atoms. The highest BCUT2D eigenvalue weighted by atomic mass is 16.2. The lowest BCUT2D eigenvalue weighted by molar-refractivity contribution is 0.0763. The average Bonchev–Trinajstić information content (AvgIpc) is 3.08. The Hall–Kier alpha value is -3.41. The lowest BCUT2D eigenvalue weighted by Gasteiger charge is -2.20. The predicted molar refractivity (Wildman–Crippen MR) is 110 cm³/mol. The highest BCUT2D eigenvalue weighted by Crippen LogP contribution is 2.20. The largest absolute Gasteiger partial charge is 0.338 e. The van der Waals surface area contributed by atoms with Crippen molar-refractivity contribution in [3.8, 4) is 0 Å². The Labute approximate surface area is 162 Å². The second-order valence-electron chi connectivity index (χ2n) is 6.66. The summed E-state index contributed by atoms with van der Waals surface area (Å²) < 4.78 is 3.38. The molecule has 0 spiro atoms. The summed E-state index contributed by atoms with van der Waals surface area (Å²) in [6.07, 6.45) is 1.70. The number of pyridine rings is 1. The van der Waals surface area contributed by atoms with Gasteiger partial charge in [0.05, 0.1) is 5.39 Å². The van der Waals surface area contributed by atoms with E-state index in [4.69, 9.17) is 4.98 Å². The number of hydrogen-bond donors (Lipinski definition) is 0. The lowest BCUT2D eigenvalue weighted by Crippen LogP contribution is -2.32. The van der Waals surface area contributed by atoms with Gasteiger partial charge in [-0.2, -0.15) is 0 Å². The van der Waals surface area contributed by atoms with Gasteiger partial charge in [-0.25, -0.2) is 4.98 Å². The number of carbonyl (C=O) groups excluding carboxylic acids is 1. The molecule has 0 saturated heterocycles. The van der Waals surface area contributed by atoms with Gasteiger partial charge in [-0.05, 0) is 37.6 Å². The third kappa shape index (κ3) is 2.97. The Kier molecular flexibility index (Phi) is 4.69. The molecule has 3 aromatic heterocycles. The van der Waals surface area contributed by atoms with Crippen LogP contribution in [0.4, 0.5) is 0 Å². The van der Waals surface area contributed by atoms with Gasteiger partial charge in [-0.3, -0.25) is 14.0 Å². The molecule has 3 heterocycles. The number of carbonyl (C=O) groups is 1. The minimum atomic E-state index is -0.166. The molecular weight excluding hydrogens is 352 g/mol. The minimum absolute atomic E-state index is 0.0904. The van der Waals surface area contributed by atoms with E-state index >= 15 is 0 Å². The van der Waals surface area contributed by atoms with E-state index in [0.717, 1.165) is 5.56 Å². The van der Waals surface area contributed by atoms with Crippen LogP contribution in [0.2, 0.25) is 0 Å². The number of benzene rings is 1. The van der Waals surface area contributed by atoms with Crippen LogP contribution in [0.15, 0.2) is 65.6 Å². The lowest BCUT2D eigenvalue weighted by atomic mass is 10.2. The van der Waals surface area contributed by atoms with E-state index in [2.05, 4.69) is 0 Å². The Morgan fingerprint density at radius 3 is 2.46 bits per heavy atom.